The van der Waals surface area contributed by atoms with E-state index in [2.05, 4.69) is 10.5 Å². The SMILES string of the molecule is N#CC(=NNc1ccccc1Cl)C(=N)N1CCCCCC1. The van der Waals surface area contributed by atoms with E-state index < -0.39 is 0 Å². The molecule has 0 amide bonds. The highest BCUT2D eigenvalue weighted by molar-refractivity contribution is 6.46. The van der Waals surface area contributed by atoms with Crippen molar-refractivity contribution in [3.8, 4) is 6.07 Å². The zero-order valence-corrected chi connectivity index (χ0v) is 12.5. The fourth-order valence-corrected chi connectivity index (χ4v) is 2.42. The van der Waals surface area contributed by atoms with E-state index in [4.69, 9.17) is 17.0 Å². The number of hydrogen-bond acceptors (Lipinski definition) is 4. The first kappa shape index (κ1) is 15.3. The van der Waals surface area contributed by atoms with Crippen molar-refractivity contribution in [3.63, 3.8) is 0 Å². The van der Waals surface area contributed by atoms with Gasteiger partial charge in [-0.25, -0.2) is 0 Å². The maximum absolute atomic E-state index is 9.22. The molecule has 1 heterocycles. The molecule has 5 nitrogen and oxygen atoms in total. The number of halogens is 1. The van der Waals surface area contributed by atoms with Crippen molar-refractivity contribution >= 4 is 28.8 Å². The highest BCUT2D eigenvalue weighted by atomic mass is 35.5. The normalized spacial score (nSPS) is 16.0. The van der Waals surface area contributed by atoms with E-state index in [9.17, 15) is 5.26 Å². The van der Waals surface area contributed by atoms with Crippen LogP contribution in [0.2, 0.25) is 5.02 Å². The van der Waals surface area contributed by atoms with Crippen LogP contribution in [0.5, 0.6) is 0 Å². The summed E-state index contributed by atoms with van der Waals surface area (Å²) in [5.74, 6) is 0.180. The van der Waals surface area contributed by atoms with E-state index in [-0.39, 0.29) is 11.5 Å². The molecule has 0 unspecified atom stereocenters. The summed E-state index contributed by atoms with van der Waals surface area (Å²) in [7, 11) is 0. The van der Waals surface area contributed by atoms with Crippen molar-refractivity contribution in [2.45, 2.75) is 25.7 Å². The lowest BCUT2D eigenvalue weighted by Crippen LogP contribution is -2.36. The van der Waals surface area contributed by atoms with Gasteiger partial charge in [-0.1, -0.05) is 36.6 Å². The summed E-state index contributed by atoms with van der Waals surface area (Å²) in [5.41, 5.74) is 3.47. The van der Waals surface area contributed by atoms with E-state index in [1.807, 2.05) is 23.1 Å². The number of nitrogens with one attached hydrogen (secondary N) is 2. The molecule has 1 aromatic carbocycles. The number of benzene rings is 1. The van der Waals surface area contributed by atoms with Gasteiger partial charge < -0.3 is 4.90 Å². The molecule has 0 aromatic heterocycles. The molecule has 0 aliphatic carbocycles. The minimum Gasteiger partial charge on any atom is -0.355 e. The molecule has 0 atom stereocenters. The summed E-state index contributed by atoms with van der Waals surface area (Å²) in [6.07, 6.45) is 4.47. The van der Waals surface area contributed by atoms with E-state index in [1.54, 1.807) is 12.1 Å². The number of hydrogen-bond donors (Lipinski definition) is 2. The van der Waals surface area contributed by atoms with Crippen LogP contribution in [0, 0.1) is 16.7 Å². The number of hydrazone groups is 1. The predicted molar refractivity (Wildman–Crippen MR) is 85.9 cm³/mol. The van der Waals surface area contributed by atoms with Crippen molar-refractivity contribution < 1.29 is 0 Å². The van der Waals surface area contributed by atoms with Gasteiger partial charge in [0, 0.05) is 13.1 Å². The van der Waals surface area contributed by atoms with E-state index in [1.165, 1.54) is 12.8 Å². The Hall–Kier alpha value is -2.06. The zero-order valence-electron chi connectivity index (χ0n) is 11.8. The van der Waals surface area contributed by atoms with Crippen LogP contribution < -0.4 is 5.43 Å². The second kappa shape index (κ2) is 7.65. The molecule has 0 bridgehead atoms. The molecule has 110 valence electrons. The standard InChI is InChI=1S/C15H18ClN5/c16-12-7-3-4-8-13(12)19-20-14(11-17)15(18)21-9-5-1-2-6-10-21/h3-4,7-8,18-19H,1-2,5-6,9-10H2. The van der Waals surface area contributed by atoms with Gasteiger partial charge >= 0.3 is 0 Å². The summed E-state index contributed by atoms with van der Waals surface area (Å²) in [6.45, 7) is 1.62. The Labute approximate surface area is 129 Å². The molecule has 2 N–H and O–H groups in total. The Bertz CT molecular complexity index is 568. The molecule has 1 aromatic rings. The number of para-hydroxylation sites is 1. The van der Waals surface area contributed by atoms with Gasteiger partial charge in [0.05, 0.1) is 10.7 Å². The monoisotopic (exact) mass is 303 g/mol. The highest BCUT2D eigenvalue weighted by Gasteiger charge is 2.17. The predicted octanol–water partition coefficient (Wildman–Crippen LogP) is 3.48. The third kappa shape index (κ3) is 4.20. The van der Waals surface area contributed by atoms with E-state index in [0.29, 0.717) is 10.7 Å². The smallest absolute Gasteiger partial charge is 0.202 e. The maximum Gasteiger partial charge on any atom is 0.202 e. The lowest BCUT2D eigenvalue weighted by molar-refractivity contribution is 0.438. The third-order valence-corrected chi connectivity index (χ3v) is 3.74. The number of nitriles is 1. The van der Waals surface area contributed by atoms with Gasteiger partial charge in [-0.15, -0.1) is 0 Å². The molecule has 2 rings (SSSR count). The first-order chi connectivity index (χ1) is 10.2. The van der Waals surface area contributed by atoms with E-state index >= 15 is 0 Å². The van der Waals surface area contributed by atoms with Crippen LogP contribution in [0.3, 0.4) is 0 Å². The largest absolute Gasteiger partial charge is 0.355 e. The Morgan fingerprint density at radius 1 is 1.24 bits per heavy atom. The van der Waals surface area contributed by atoms with Crippen LogP contribution in [0.1, 0.15) is 25.7 Å². The van der Waals surface area contributed by atoms with E-state index in [0.717, 1.165) is 25.9 Å². The first-order valence-corrected chi connectivity index (χ1v) is 7.42. The van der Waals surface area contributed by atoms with Crippen molar-refractivity contribution in [3.05, 3.63) is 29.3 Å². The first-order valence-electron chi connectivity index (χ1n) is 7.04. The molecule has 1 saturated heterocycles. The molecule has 1 aliphatic heterocycles. The minimum atomic E-state index is 0.0804. The Morgan fingerprint density at radius 2 is 1.90 bits per heavy atom. The molecular weight excluding hydrogens is 286 g/mol. The number of nitrogens with zero attached hydrogens (tertiary/aromatic N) is 3. The maximum atomic E-state index is 9.22. The second-order valence-electron chi connectivity index (χ2n) is 4.91. The van der Waals surface area contributed by atoms with Crippen LogP contribution >= 0.6 is 11.6 Å². The van der Waals surface area contributed by atoms with Crippen LogP contribution in [-0.2, 0) is 0 Å². The highest BCUT2D eigenvalue weighted by Crippen LogP contribution is 2.20. The van der Waals surface area contributed by atoms with Gasteiger partial charge in [0.15, 0.2) is 5.84 Å². The molecule has 0 radical (unpaired) electrons. The lowest BCUT2D eigenvalue weighted by atomic mass is 10.2. The molecule has 1 fully saturated rings. The van der Waals surface area contributed by atoms with Crippen molar-refractivity contribution in [1.82, 2.24) is 4.90 Å². The van der Waals surface area contributed by atoms with Gasteiger partial charge in [0.2, 0.25) is 5.71 Å². The average Bonchev–Trinajstić information content (AvgIpc) is 2.78. The third-order valence-electron chi connectivity index (χ3n) is 3.41. The van der Waals surface area contributed by atoms with Gasteiger partial charge in [0.25, 0.3) is 0 Å². The number of likely N-dealkylation sites (tertiary alicyclic amines) is 1. The summed E-state index contributed by atoms with van der Waals surface area (Å²) < 4.78 is 0. The minimum absolute atomic E-state index is 0.0804. The topological polar surface area (TPSA) is 75.3 Å². The summed E-state index contributed by atoms with van der Waals surface area (Å²) in [6, 6.07) is 9.15. The second-order valence-corrected chi connectivity index (χ2v) is 5.32. The molecule has 0 saturated carbocycles. The summed E-state index contributed by atoms with van der Waals surface area (Å²) in [5, 5.41) is 21.9. The fraction of sp³-hybridized carbons (Fsp3) is 0.400. The number of amidine groups is 1. The zero-order chi connectivity index (χ0) is 15.1. The van der Waals surface area contributed by atoms with Crippen LogP contribution in [0.25, 0.3) is 0 Å². The lowest BCUT2D eigenvalue weighted by Gasteiger charge is -2.21. The fourth-order valence-electron chi connectivity index (χ4n) is 2.24. The van der Waals surface area contributed by atoms with Crippen molar-refractivity contribution in [2.24, 2.45) is 5.10 Å². The quantitative estimate of drug-likeness (QED) is 0.510. The van der Waals surface area contributed by atoms with Crippen LogP contribution in [-0.4, -0.2) is 29.5 Å². The van der Waals surface area contributed by atoms with Crippen molar-refractivity contribution in [2.75, 3.05) is 18.5 Å². The van der Waals surface area contributed by atoms with Crippen molar-refractivity contribution in [1.29, 1.82) is 10.7 Å². The number of rotatable bonds is 3. The van der Waals surface area contributed by atoms with Gasteiger partial charge in [-0.2, -0.15) is 10.4 Å². The van der Waals surface area contributed by atoms with Crippen LogP contribution in [0.15, 0.2) is 29.4 Å². The molecule has 1 aliphatic rings. The molecule has 21 heavy (non-hydrogen) atoms. The Morgan fingerprint density at radius 3 is 2.52 bits per heavy atom. The van der Waals surface area contributed by atoms with Gasteiger partial charge in [-0.05, 0) is 25.0 Å². The molecule has 0 spiro atoms. The average molecular weight is 304 g/mol. The van der Waals surface area contributed by atoms with Crippen LogP contribution in [0.4, 0.5) is 5.69 Å². The van der Waals surface area contributed by atoms with Gasteiger partial charge in [0.1, 0.15) is 6.07 Å². The summed E-state index contributed by atoms with van der Waals surface area (Å²) >= 11 is 6.02. The summed E-state index contributed by atoms with van der Waals surface area (Å²) in [4.78, 5) is 1.92. The Kier molecular flexibility index (Phi) is 5.59. The molecule has 6 heteroatoms. The van der Waals surface area contributed by atoms with Gasteiger partial charge in [-0.3, -0.25) is 10.8 Å². The molecular formula is C15H18ClN5. The Balaban J connectivity index is 2.08. The number of anilines is 1.